The van der Waals surface area contributed by atoms with E-state index in [-0.39, 0.29) is 17.9 Å². The smallest absolute Gasteiger partial charge is 0.227 e. The molecule has 2 unspecified atom stereocenters. The molecule has 154 valence electrons. The minimum Gasteiger partial charge on any atom is -0.497 e. The predicted octanol–water partition coefficient (Wildman–Crippen LogP) is 4.16. The van der Waals surface area contributed by atoms with Crippen molar-refractivity contribution in [2.24, 2.45) is 5.92 Å². The standard InChI is InChI=1S/C25H25NO4/c1-28-21-10-6-9-18(14-21)24(17-7-4-3-5-8-17)26-25(27)20-13-19-15-22(29-2)11-12-23(19)30-16-20/h3-12,14-15,20,24H,13,16H2,1-2H3,(H,26,27). The van der Waals surface area contributed by atoms with Crippen LogP contribution in [0.1, 0.15) is 22.7 Å². The van der Waals surface area contributed by atoms with Gasteiger partial charge in [0.05, 0.1) is 26.2 Å². The number of nitrogens with one attached hydrogen (secondary N) is 1. The van der Waals surface area contributed by atoms with Crippen molar-refractivity contribution in [3.05, 3.63) is 89.5 Å². The molecule has 0 fully saturated rings. The second-order valence-corrected chi connectivity index (χ2v) is 7.31. The first-order chi connectivity index (χ1) is 14.7. The Morgan fingerprint density at radius 3 is 2.43 bits per heavy atom. The van der Waals surface area contributed by atoms with Crippen molar-refractivity contribution in [1.82, 2.24) is 5.32 Å². The van der Waals surface area contributed by atoms with E-state index in [0.29, 0.717) is 13.0 Å². The van der Waals surface area contributed by atoms with Gasteiger partial charge < -0.3 is 19.5 Å². The number of hydrogen-bond donors (Lipinski definition) is 1. The van der Waals surface area contributed by atoms with E-state index in [0.717, 1.165) is 33.9 Å². The Labute approximate surface area is 176 Å². The lowest BCUT2D eigenvalue weighted by Gasteiger charge is -2.27. The Kier molecular flexibility index (Phi) is 5.89. The molecular weight excluding hydrogens is 378 g/mol. The SMILES string of the molecule is COc1cccc(C(NC(=O)C2COc3ccc(OC)cc3C2)c2ccccc2)c1. The maximum absolute atomic E-state index is 13.2. The van der Waals surface area contributed by atoms with Crippen LogP contribution in [0.5, 0.6) is 17.2 Å². The molecule has 0 radical (unpaired) electrons. The van der Waals surface area contributed by atoms with Crippen LogP contribution in [0, 0.1) is 5.92 Å². The average molecular weight is 403 g/mol. The summed E-state index contributed by atoms with van der Waals surface area (Å²) < 4.78 is 16.5. The Morgan fingerprint density at radius 1 is 0.933 bits per heavy atom. The highest BCUT2D eigenvalue weighted by Crippen LogP contribution is 2.32. The van der Waals surface area contributed by atoms with Gasteiger partial charge in [-0.2, -0.15) is 0 Å². The van der Waals surface area contributed by atoms with Crippen LogP contribution in [0.25, 0.3) is 0 Å². The van der Waals surface area contributed by atoms with Crippen LogP contribution in [-0.4, -0.2) is 26.7 Å². The molecule has 0 saturated heterocycles. The van der Waals surface area contributed by atoms with Gasteiger partial charge in [0.15, 0.2) is 0 Å². The fraction of sp³-hybridized carbons (Fsp3) is 0.240. The van der Waals surface area contributed by atoms with E-state index >= 15 is 0 Å². The summed E-state index contributed by atoms with van der Waals surface area (Å²) >= 11 is 0. The fourth-order valence-electron chi connectivity index (χ4n) is 3.75. The van der Waals surface area contributed by atoms with Gasteiger partial charge in [0.25, 0.3) is 0 Å². The second kappa shape index (κ2) is 8.91. The largest absolute Gasteiger partial charge is 0.497 e. The van der Waals surface area contributed by atoms with E-state index in [1.807, 2.05) is 72.8 Å². The van der Waals surface area contributed by atoms with Crippen molar-refractivity contribution < 1.29 is 19.0 Å². The van der Waals surface area contributed by atoms with E-state index < -0.39 is 0 Å². The fourth-order valence-corrected chi connectivity index (χ4v) is 3.75. The van der Waals surface area contributed by atoms with Crippen molar-refractivity contribution in [2.75, 3.05) is 20.8 Å². The lowest BCUT2D eigenvalue weighted by molar-refractivity contribution is -0.126. The van der Waals surface area contributed by atoms with Gasteiger partial charge in [-0.15, -0.1) is 0 Å². The minimum absolute atomic E-state index is 0.0415. The summed E-state index contributed by atoms with van der Waals surface area (Å²) in [6.07, 6.45) is 0.609. The van der Waals surface area contributed by atoms with Crippen molar-refractivity contribution >= 4 is 5.91 Å². The van der Waals surface area contributed by atoms with Crippen LogP contribution in [-0.2, 0) is 11.2 Å². The molecule has 3 aromatic rings. The molecule has 0 spiro atoms. The monoisotopic (exact) mass is 403 g/mol. The summed E-state index contributed by atoms with van der Waals surface area (Å²) in [4.78, 5) is 13.2. The van der Waals surface area contributed by atoms with Crippen LogP contribution in [0.15, 0.2) is 72.8 Å². The average Bonchev–Trinajstić information content (AvgIpc) is 2.82. The van der Waals surface area contributed by atoms with Crippen LogP contribution in [0.4, 0.5) is 0 Å². The third-order valence-electron chi connectivity index (χ3n) is 5.39. The summed E-state index contributed by atoms with van der Waals surface area (Å²) in [6.45, 7) is 0.352. The second-order valence-electron chi connectivity index (χ2n) is 7.31. The molecule has 30 heavy (non-hydrogen) atoms. The van der Waals surface area contributed by atoms with Gasteiger partial charge in [0.2, 0.25) is 5.91 Å². The molecule has 1 amide bonds. The number of benzene rings is 3. The zero-order chi connectivity index (χ0) is 20.9. The summed E-state index contributed by atoms with van der Waals surface area (Å²) in [5, 5.41) is 3.22. The Bertz CT molecular complexity index is 1020. The molecule has 1 aliphatic heterocycles. The van der Waals surface area contributed by atoms with E-state index in [9.17, 15) is 4.79 Å². The third-order valence-corrected chi connectivity index (χ3v) is 5.39. The first kappa shape index (κ1) is 19.8. The van der Waals surface area contributed by atoms with E-state index in [1.165, 1.54) is 0 Å². The van der Waals surface area contributed by atoms with Gasteiger partial charge >= 0.3 is 0 Å². The van der Waals surface area contributed by atoms with Crippen molar-refractivity contribution in [3.8, 4) is 17.2 Å². The first-order valence-electron chi connectivity index (χ1n) is 9.97. The van der Waals surface area contributed by atoms with Crippen molar-refractivity contribution in [2.45, 2.75) is 12.5 Å². The number of hydrogen-bond acceptors (Lipinski definition) is 4. The van der Waals surface area contributed by atoms with Crippen LogP contribution >= 0.6 is 0 Å². The van der Waals surface area contributed by atoms with Gasteiger partial charge in [-0.1, -0.05) is 42.5 Å². The molecule has 3 aromatic carbocycles. The zero-order valence-electron chi connectivity index (χ0n) is 17.1. The number of ether oxygens (including phenoxy) is 3. The molecule has 0 aliphatic carbocycles. The summed E-state index contributed by atoms with van der Waals surface area (Å²) in [6, 6.07) is 23.1. The highest BCUT2D eigenvalue weighted by molar-refractivity contribution is 5.80. The molecule has 2 atom stereocenters. The first-order valence-corrected chi connectivity index (χ1v) is 9.97. The molecule has 4 rings (SSSR count). The molecule has 5 nitrogen and oxygen atoms in total. The van der Waals surface area contributed by atoms with Crippen molar-refractivity contribution in [1.29, 1.82) is 0 Å². The quantitative estimate of drug-likeness (QED) is 0.671. The molecule has 5 heteroatoms. The molecule has 1 N–H and O–H groups in total. The molecular formula is C25H25NO4. The summed E-state index contributed by atoms with van der Waals surface area (Å²) in [7, 11) is 3.27. The number of fused-ring (bicyclic) bond motifs is 1. The lowest BCUT2D eigenvalue weighted by Crippen LogP contribution is -2.39. The Morgan fingerprint density at radius 2 is 1.67 bits per heavy atom. The number of carbonyl (C=O) groups excluding carboxylic acids is 1. The van der Waals surface area contributed by atoms with Crippen LogP contribution in [0.3, 0.4) is 0 Å². The molecule has 1 heterocycles. The predicted molar refractivity (Wildman–Crippen MR) is 115 cm³/mol. The molecule has 1 aliphatic rings. The Hall–Kier alpha value is -3.47. The summed E-state index contributed by atoms with van der Waals surface area (Å²) in [5.74, 6) is 2.01. The van der Waals surface area contributed by atoms with Crippen LogP contribution < -0.4 is 19.5 Å². The van der Waals surface area contributed by atoms with Gasteiger partial charge in [-0.05, 0) is 53.4 Å². The van der Waals surface area contributed by atoms with E-state index in [2.05, 4.69) is 5.32 Å². The normalized spacial score (nSPS) is 16.0. The van der Waals surface area contributed by atoms with Crippen LogP contribution in [0.2, 0.25) is 0 Å². The van der Waals surface area contributed by atoms with Crippen molar-refractivity contribution in [3.63, 3.8) is 0 Å². The number of rotatable bonds is 6. The van der Waals surface area contributed by atoms with E-state index in [4.69, 9.17) is 14.2 Å². The molecule has 0 aromatic heterocycles. The topological polar surface area (TPSA) is 56.8 Å². The maximum Gasteiger partial charge on any atom is 0.227 e. The maximum atomic E-state index is 13.2. The highest BCUT2D eigenvalue weighted by atomic mass is 16.5. The number of methoxy groups -OCH3 is 2. The Balaban J connectivity index is 1.57. The van der Waals surface area contributed by atoms with Gasteiger partial charge in [-0.3, -0.25) is 4.79 Å². The van der Waals surface area contributed by atoms with Gasteiger partial charge in [0.1, 0.15) is 23.9 Å². The van der Waals surface area contributed by atoms with Gasteiger partial charge in [0, 0.05) is 0 Å². The lowest BCUT2D eigenvalue weighted by atomic mass is 9.93. The number of amides is 1. The zero-order valence-corrected chi connectivity index (χ0v) is 17.1. The highest BCUT2D eigenvalue weighted by Gasteiger charge is 2.29. The minimum atomic E-state index is -0.277. The summed E-state index contributed by atoms with van der Waals surface area (Å²) in [5.41, 5.74) is 2.96. The van der Waals surface area contributed by atoms with Gasteiger partial charge in [-0.25, -0.2) is 0 Å². The third kappa shape index (κ3) is 4.25. The number of carbonyl (C=O) groups is 1. The molecule has 0 bridgehead atoms. The van der Waals surface area contributed by atoms with E-state index in [1.54, 1.807) is 14.2 Å². The molecule has 0 saturated carbocycles.